The fourth-order valence-corrected chi connectivity index (χ4v) is 0.724. The molecule has 0 bridgehead atoms. The van der Waals surface area contributed by atoms with E-state index in [0.29, 0.717) is 5.92 Å². The molecular weight excluding hydrogens is 124 g/mol. The van der Waals surface area contributed by atoms with E-state index < -0.39 is 0 Å². The maximum Gasteiger partial charge on any atom is 0.0606 e. The molecule has 0 fully saturated rings. The molecule has 1 aliphatic rings. The second-order valence-electron chi connectivity index (χ2n) is 2.59. The van der Waals surface area contributed by atoms with E-state index in [4.69, 9.17) is 0 Å². The minimum atomic E-state index is 0.478. The highest BCUT2D eigenvalue weighted by molar-refractivity contribution is 6.31. The van der Waals surface area contributed by atoms with Crippen molar-refractivity contribution in [1.82, 2.24) is 0 Å². The zero-order valence-corrected chi connectivity index (χ0v) is 6.41. The molecule has 0 aromatic rings. The maximum absolute atomic E-state index is 4.21. The quantitative estimate of drug-likeness (QED) is 0.524. The van der Waals surface area contributed by atoms with E-state index in [9.17, 15) is 0 Å². The summed E-state index contributed by atoms with van der Waals surface area (Å²) in [6, 6.07) is 0. The summed E-state index contributed by atoms with van der Waals surface area (Å²) in [5.74, 6) is 0.478. The Kier molecular flexibility index (Phi) is 2.37. The molecule has 2 heteroatoms. The van der Waals surface area contributed by atoms with E-state index >= 15 is 0 Å². The van der Waals surface area contributed by atoms with Gasteiger partial charge in [0.25, 0.3) is 0 Å². The Morgan fingerprint density at radius 2 is 2.30 bits per heavy atom. The smallest absolute Gasteiger partial charge is 0.0606 e. The summed E-state index contributed by atoms with van der Waals surface area (Å²) in [6.07, 6.45) is 5.62. The second-order valence-corrected chi connectivity index (χ2v) is 2.59. The topological polar surface area (TPSA) is 24.7 Å². The minimum Gasteiger partial charge on any atom is -0.287 e. The van der Waals surface area contributed by atoms with Crippen molar-refractivity contribution in [2.45, 2.75) is 13.8 Å². The molecule has 1 heterocycles. The largest absolute Gasteiger partial charge is 0.287 e. The van der Waals surface area contributed by atoms with E-state index in [1.165, 1.54) is 0 Å². The zero-order valence-electron chi connectivity index (χ0n) is 6.41. The molecule has 0 unspecified atom stereocenters. The molecule has 0 amide bonds. The van der Waals surface area contributed by atoms with Crippen molar-refractivity contribution in [3.63, 3.8) is 0 Å². The Hall–Kier alpha value is -0.920. The molecule has 0 atom stereocenters. The lowest BCUT2D eigenvalue weighted by Crippen LogP contribution is -2.07. The van der Waals surface area contributed by atoms with E-state index in [2.05, 4.69) is 23.8 Å². The van der Waals surface area contributed by atoms with Crippen molar-refractivity contribution in [3.8, 4) is 0 Å². The third-order valence-corrected chi connectivity index (χ3v) is 1.35. The van der Waals surface area contributed by atoms with Crippen LogP contribution in [-0.4, -0.2) is 18.5 Å². The SMILES string of the molecule is CC(C)C1=NC=CCN=C1. The molecule has 0 spiro atoms. The molecule has 1 rings (SSSR count). The lowest BCUT2D eigenvalue weighted by molar-refractivity contribution is 0.896. The van der Waals surface area contributed by atoms with Gasteiger partial charge in [-0.3, -0.25) is 9.98 Å². The van der Waals surface area contributed by atoms with E-state index in [1.807, 2.05) is 18.5 Å². The third-order valence-electron chi connectivity index (χ3n) is 1.35. The number of hydrogen-bond donors (Lipinski definition) is 0. The van der Waals surface area contributed by atoms with Crippen molar-refractivity contribution in [2.24, 2.45) is 15.9 Å². The monoisotopic (exact) mass is 136 g/mol. The fourth-order valence-electron chi connectivity index (χ4n) is 0.724. The molecule has 0 radical (unpaired) electrons. The van der Waals surface area contributed by atoms with Gasteiger partial charge < -0.3 is 0 Å². The van der Waals surface area contributed by atoms with Crippen molar-refractivity contribution in [2.75, 3.05) is 6.54 Å². The van der Waals surface area contributed by atoms with Gasteiger partial charge in [-0.1, -0.05) is 13.8 Å². The van der Waals surface area contributed by atoms with Crippen molar-refractivity contribution in [3.05, 3.63) is 12.3 Å². The normalized spacial score (nSPS) is 17.3. The molecule has 54 valence electrons. The van der Waals surface area contributed by atoms with Gasteiger partial charge in [0.2, 0.25) is 0 Å². The highest BCUT2D eigenvalue weighted by Gasteiger charge is 2.00. The first-order chi connectivity index (χ1) is 4.80. The first-order valence-corrected chi connectivity index (χ1v) is 3.53. The molecule has 10 heavy (non-hydrogen) atoms. The van der Waals surface area contributed by atoms with Crippen LogP contribution in [0.15, 0.2) is 22.3 Å². The highest BCUT2D eigenvalue weighted by atomic mass is 14.8. The summed E-state index contributed by atoms with van der Waals surface area (Å²) >= 11 is 0. The average Bonchev–Trinajstić information content (AvgIpc) is 2.12. The number of nitrogens with zero attached hydrogens (tertiary/aromatic N) is 2. The minimum absolute atomic E-state index is 0.478. The van der Waals surface area contributed by atoms with Crippen LogP contribution < -0.4 is 0 Å². The van der Waals surface area contributed by atoms with Gasteiger partial charge in [-0.05, 0) is 12.0 Å². The maximum atomic E-state index is 4.21. The molecule has 1 aliphatic heterocycles. The van der Waals surface area contributed by atoms with Gasteiger partial charge >= 0.3 is 0 Å². The summed E-state index contributed by atoms with van der Waals surface area (Å²) in [4.78, 5) is 8.34. The van der Waals surface area contributed by atoms with Gasteiger partial charge in [0.1, 0.15) is 0 Å². The highest BCUT2D eigenvalue weighted by Crippen LogP contribution is 1.98. The zero-order chi connectivity index (χ0) is 7.40. The molecule has 2 nitrogen and oxygen atoms in total. The van der Waals surface area contributed by atoms with Crippen molar-refractivity contribution in [1.29, 1.82) is 0 Å². The summed E-state index contributed by atoms with van der Waals surface area (Å²) in [6.45, 7) is 4.99. The standard InChI is InChI=1S/C8H12N2/c1-7(2)8-6-9-4-3-5-10-8/h3,5-7H,4H2,1-2H3. The van der Waals surface area contributed by atoms with Gasteiger partial charge in [-0.2, -0.15) is 0 Å². The summed E-state index contributed by atoms with van der Waals surface area (Å²) in [7, 11) is 0. The Morgan fingerprint density at radius 1 is 1.50 bits per heavy atom. The van der Waals surface area contributed by atoms with Crippen molar-refractivity contribution >= 4 is 11.9 Å². The molecule has 0 saturated heterocycles. The van der Waals surface area contributed by atoms with Gasteiger partial charge in [0, 0.05) is 12.4 Å². The first-order valence-electron chi connectivity index (χ1n) is 3.53. The van der Waals surface area contributed by atoms with Crippen molar-refractivity contribution < 1.29 is 0 Å². The fraction of sp³-hybridized carbons (Fsp3) is 0.500. The summed E-state index contributed by atoms with van der Waals surface area (Å²) in [5, 5.41) is 0. The Labute approximate surface area is 61.4 Å². The van der Waals surface area contributed by atoms with Crippen LogP contribution >= 0.6 is 0 Å². The average molecular weight is 136 g/mol. The van der Waals surface area contributed by atoms with Crippen LogP contribution in [0.1, 0.15) is 13.8 Å². The van der Waals surface area contributed by atoms with Crippen LogP contribution in [0.25, 0.3) is 0 Å². The van der Waals surface area contributed by atoms with Gasteiger partial charge in [0.05, 0.1) is 12.3 Å². The van der Waals surface area contributed by atoms with Crippen LogP contribution in [0.5, 0.6) is 0 Å². The van der Waals surface area contributed by atoms with Crippen LogP contribution in [0.3, 0.4) is 0 Å². The number of aliphatic imine (C=N–C) groups is 2. The predicted octanol–water partition coefficient (Wildman–Crippen LogP) is 1.68. The van der Waals surface area contributed by atoms with E-state index in [-0.39, 0.29) is 0 Å². The molecule has 0 aromatic carbocycles. The lowest BCUT2D eigenvalue weighted by Gasteiger charge is -1.99. The number of hydrogen-bond acceptors (Lipinski definition) is 2. The number of rotatable bonds is 1. The van der Waals surface area contributed by atoms with Gasteiger partial charge in [0.15, 0.2) is 0 Å². The van der Waals surface area contributed by atoms with E-state index in [0.717, 1.165) is 12.3 Å². The Morgan fingerprint density at radius 3 is 3.00 bits per heavy atom. The molecule has 0 aromatic heterocycles. The van der Waals surface area contributed by atoms with E-state index in [1.54, 1.807) is 0 Å². The Bertz CT molecular complexity index is 187. The summed E-state index contributed by atoms with van der Waals surface area (Å²) < 4.78 is 0. The Balaban J connectivity index is 2.73. The van der Waals surface area contributed by atoms with Gasteiger partial charge in [-0.15, -0.1) is 0 Å². The van der Waals surface area contributed by atoms with Gasteiger partial charge in [-0.25, -0.2) is 0 Å². The van der Waals surface area contributed by atoms with Crippen LogP contribution in [0.2, 0.25) is 0 Å². The predicted molar refractivity (Wildman–Crippen MR) is 44.8 cm³/mol. The van der Waals surface area contributed by atoms with Crippen LogP contribution in [-0.2, 0) is 0 Å². The summed E-state index contributed by atoms with van der Waals surface area (Å²) in [5.41, 5.74) is 1.06. The molecule has 0 N–H and O–H groups in total. The van der Waals surface area contributed by atoms with Crippen LogP contribution in [0.4, 0.5) is 0 Å². The molecule has 0 aliphatic carbocycles. The second kappa shape index (κ2) is 3.30. The van der Waals surface area contributed by atoms with Crippen LogP contribution in [0, 0.1) is 5.92 Å². The molecule has 0 saturated carbocycles. The lowest BCUT2D eigenvalue weighted by atomic mass is 10.1. The third kappa shape index (κ3) is 1.79. The first kappa shape index (κ1) is 7.19. The molecular formula is C8H12N2.